The van der Waals surface area contributed by atoms with Gasteiger partial charge >= 0.3 is 0 Å². The quantitative estimate of drug-likeness (QED) is 0.844. The number of nitrogens with one attached hydrogen (secondary N) is 1. The first-order valence-corrected chi connectivity index (χ1v) is 9.35. The fourth-order valence-corrected chi connectivity index (χ4v) is 3.41. The Morgan fingerprint density at radius 3 is 2.39 bits per heavy atom. The monoisotopic (exact) mass is 351 g/mol. The molecule has 1 aliphatic heterocycles. The maximum Gasteiger partial charge on any atom is 0.234 e. The number of nitrogens with zero attached hydrogens (tertiary/aromatic N) is 2. The Hall–Kier alpha value is -1.11. The number of thiocarbonyl (C=S) groups is 1. The molecule has 0 radical (unpaired) electrons. The van der Waals surface area contributed by atoms with Crippen LogP contribution in [0.25, 0.3) is 0 Å². The number of piperazine rings is 1. The van der Waals surface area contributed by atoms with Crippen molar-refractivity contribution in [3.8, 4) is 0 Å². The van der Waals surface area contributed by atoms with Crippen LogP contribution in [-0.4, -0.2) is 59.0 Å². The van der Waals surface area contributed by atoms with Crippen molar-refractivity contribution >= 4 is 39.9 Å². The largest absolute Gasteiger partial charge is 0.355 e. The first-order chi connectivity index (χ1) is 11.0. The Labute approximate surface area is 148 Å². The van der Waals surface area contributed by atoms with Gasteiger partial charge in [-0.05, 0) is 30.7 Å². The average Bonchev–Trinajstić information content (AvgIpc) is 2.54. The van der Waals surface area contributed by atoms with Gasteiger partial charge in [0.1, 0.15) is 4.32 Å². The van der Waals surface area contributed by atoms with Crippen LogP contribution < -0.4 is 5.32 Å². The van der Waals surface area contributed by atoms with Crippen LogP contribution in [0, 0.1) is 0 Å². The fraction of sp³-hybridized carbons (Fsp3) is 0.529. The molecular formula is C17H25N3OS2. The lowest BCUT2D eigenvalue weighted by atomic mass is 10.0. The minimum Gasteiger partial charge on any atom is -0.355 e. The van der Waals surface area contributed by atoms with E-state index in [2.05, 4.69) is 48.1 Å². The van der Waals surface area contributed by atoms with E-state index >= 15 is 0 Å². The summed E-state index contributed by atoms with van der Waals surface area (Å²) in [4.78, 5) is 16.5. The van der Waals surface area contributed by atoms with Crippen LogP contribution in [0.15, 0.2) is 24.3 Å². The molecule has 1 aliphatic rings. The van der Waals surface area contributed by atoms with E-state index in [1.165, 1.54) is 17.3 Å². The highest BCUT2D eigenvalue weighted by molar-refractivity contribution is 8.23. The SMILES string of the molecule is CC(C)c1ccc(NC(=O)CSC(=S)N2CCN(C)CC2)cc1. The molecule has 1 aromatic carbocycles. The molecule has 23 heavy (non-hydrogen) atoms. The lowest BCUT2D eigenvalue weighted by Crippen LogP contribution is -2.46. The third-order valence-electron chi connectivity index (χ3n) is 3.95. The molecule has 0 aromatic heterocycles. The number of rotatable bonds is 4. The van der Waals surface area contributed by atoms with E-state index < -0.39 is 0 Å². The van der Waals surface area contributed by atoms with Crippen molar-refractivity contribution in [3.63, 3.8) is 0 Å². The Kier molecular flexibility index (Phi) is 6.87. The van der Waals surface area contributed by atoms with E-state index in [0.29, 0.717) is 11.7 Å². The standard InChI is InChI=1S/C17H25N3OS2/c1-13(2)14-4-6-15(7-5-14)18-16(21)12-23-17(22)20-10-8-19(3)9-11-20/h4-7,13H,8-12H2,1-3H3,(H,18,21). The maximum atomic E-state index is 12.1. The van der Waals surface area contributed by atoms with Gasteiger partial charge in [0.2, 0.25) is 5.91 Å². The topological polar surface area (TPSA) is 35.6 Å². The first-order valence-electron chi connectivity index (χ1n) is 7.96. The number of benzene rings is 1. The molecule has 1 saturated heterocycles. The summed E-state index contributed by atoms with van der Waals surface area (Å²) in [6.45, 7) is 8.25. The molecule has 1 aromatic rings. The van der Waals surface area contributed by atoms with Gasteiger partial charge in [0.25, 0.3) is 0 Å². The number of hydrogen-bond donors (Lipinski definition) is 1. The Morgan fingerprint density at radius 1 is 1.22 bits per heavy atom. The summed E-state index contributed by atoms with van der Waals surface area (Å²) >= 11 is 6.88. The molecule has 1 heterocycles. The van der Waals surface area contributed by atoms with Crippen LogP contribution in [0.3, 0.4) is 0 Å². The van der Waals surface area contributed by atoms with Gasteiger partial charge in [-0.25, -0.2) is 0 Å². The van der Waals surface area contributed by atoms with Gasteiger partial charge in [-0.2, -0.15) is 0 Å². The summed E-state index contributed by atoms with van der Waals surface area (Å²) in [7, 11) is 2.12. The molecule has 0 atom stereocenters. The van der Waals surface area contributed by atoms with E-state index in [4.69, 9.17) is 12.2 Å². The third kappa shape index (κ3) is 5.79. The molecule has 0 bridgehead atoms. The van der Waals surface area contributed by atoms with Gasteiger partial charge in [-0.1, -0.05) is 50.0 Å². The second kappa shape index (κ2) is 8.66. The van der Waals surface area contributed by atoms with Crippen LogP contribution >= 0.6 is 24.0 Å². The lowest BCUT2D eigenvalue weighted by molar-refractivity contribution is -0.113. The molecule has 0 spiro atoms. The van der Waals surface area contributed by atoms with Crippen LogP contribution in [0.1, 0.15) is 25.3 Å². The predicted molar refractivity (Wildman–Crippen MR) is 103 cm³/mol. The van der Waals surface area contributed by atoms with Crippen molar-refractivity contribution < 1.29 is 4.79 Å². The highest BCUT2D eigenvalue weighted by Crippen LogP contribution is 2.18. The maximum absolute atomic E-state index is 12.1. The molecule has 1 amide bonds. The summed E-state index contributed by atoms with van der Waals surface area (Å²) in [5, 5.41) is 2.93. The summed E-state index contributed by atoms with van der Waals surface area (Å²) in [5.74, 6) is 0.844. The van der Waals surface area contributed by atoms with Gasteiger partial charge in [-0.3, -0.25) is 4.79 Å². The molecule has 6 heteroatoms. The van der Waals surface area contributed by atoms with E-state index in [9.17, 15) is 4.79 Å². The highest BCUT2D eigenvalue weighted by Gasteiger charge is 2.17. The average molecular weight is 352 g/mol. The van der Waals surface area contributed by atoms with E-state index in [0.717, 1.165) is 36.2 Å². The molecule has 4 nitrogen and oxygen atoms in total. The minimum absolute atomic E-state index is 0.0104. The zero-order valence-electron chi connectivity index (χ0n) is 14.0. The Balaban J connectivity index is 1.75. The van der Waals surface area contributed by atoms with Gasteiger partial charge in [-0.15, -0.1) is 0 Å². The number of amides is 1. The molecule has 126 valence electrons. The van der Waals surface area contributed by atoms with Crippen LogP contribution in [0.4, 0.5) is 5.69 Å². The second-order valence-corrected chi connectivity index (χ2v) is 7.78. The summed E-state index contributed by atoms with van der Waals surface area (Å²) < 4.78 is 0.823. The molecule has 1 N–H and O–H groups in total. The van der Waals surface area contributed by atoms with Crippen molar-refractivity contribution in [2.75, 3.05) is 44.3 Å². The minimum atomic E-state index is -0.0104. The van der Waals surface area contributed by atoms with Gasteiger partial charge in [0.15, 0.2) is 0 Å². The zero-order chi connectivity index (χ0) is 16.8. The fourth-order valence-electron chi connectivity index (χ4n) is 2.36. The number of thioether (sulfide) groups is 1. The number of carbonyl (C=O) groups is 1. The smallest absolute Gasteiger partial charge is 0.234 e. The van der Waals surface area contributed by atoms with Crippen LogP contribution in [0.5, 0.6) is 0 Å². The molecule has 0 aliphatic carbocycles. The molecular weight excluding hydrogens is 326 g/mol. The van der Waals surface area contributed by atoms with Crippen molar-refractivity contribution in [1.82, 2.24) is 9.80 Å². The van der Waals surface area contributed by atoms with Crippen LogP contribution in [0.2, 0.25) is 0 Å². The number of carbonyl (C=O) groups excluding carboxylic acids is 1. The predicted octanol–water partition coefficient (Wildman–Crippen LogP) is 3.01. The summed E-state index contributed by atoms with van der Waals surface area (Å²) in [5.41, 5.74) is 2.11. The highest BCUT2D eigenvalue weighted by atomic mass is 32.2. The summed E-state index contributed by atoms with van der Waals surface area (Å²) in [6, 6.07) is 8.03. The molecule has 2 rings (SSSR count). The van der Waals surface area contributed by atoms with Crippen molar-refractivity contribution in [2.24, 2.45) is 0 Å². The molecule has 0 unspecified atom stereocenters. The van der Waals surface area contributed by atoms with Gasteiger partial charge in [0.05, 0.1) is 5.75 Å². The van der Waals surface area contributed by atoms with Crippen molar-refractivity contribution in [3.05, 3.63) is 29.8 Å². The number of hydrogen-bond acceptors (Lipinski definition) is 4. The van der Waals surface area contributed by atoms with Gasteiger partial charge < -0.3 is 15.1 Å². The zero-order valence-corrected chi connectivity index (χ0v) is 15.7. The Morgan fingerprint density at radius 2 is 1.83 bits per heavy atom. The first kappa shape index (κ1) is 18.2. The second-order valence-electron chi connectivity index (χ2n) is 6.17. The Bertz CT molecular complexity index is 537. The number of likely N-dealkylation sites (N-methyl/N-ethyl adjacent to an activating group) is 1. The van der Waals surface area contributed by atoms with Gasteiger partial charge in [0, 0.05) is 31.9 Å². The molecule has 0 saturated carbocycles. The lowest BCUT2D eigenvalue weighted by Gasteiger charge is -2.33. The normalized spacial score (nSPS) is 15.7. The molecule has 1 fully saturated rings. The van der Waals surface area contributed by atoms with Crippen molar-refractivity contribution in [2.45, 2.75) is 19.8 Å². The number of anilines is 1. The van der Waals surface area contributed by atoms with Crippen LogP contribution in [-0.2, 0) is 4.79 Å². The van der Waals surface area contributed by atoms with Crippen molar-refractivity contribution in [1.29, 1.82) is 0 Å². The van der Waals surface area contributed by atoms with E-state index in [1.54, 1.807) is 0 Å². The summed E-state index contributed by atoms with van der Waals surface area (Å²) in [6.07, 6.45) is 0. The van der Waals surface area contributed by atoms with E-state index in [-0.39, 0.29) is 5.91 Å². The third-order valence-corrected chi connectivity index (χ3v) is 5.47. The van der Waals surface area contributed by atoms with E-state index in [1.807, 2.05) is 12.1 Å².